The lowest BCUT2D eigenvalue weighted by Crippen LogP contribution is -2.34. The molecule has 0 aliphatic carbocycles. The summed E-state index contributed by atoms with van der Waals surface area (Å²) < 4.78 is 69.5. The van der Waals surface area contributed by atoms with E-state index in [0.29, 0.717) is 0 Å². The molecule has 0 radical (unpaired) electrons. The van der Waals surface area contributed by atoms with Crippen LogP contribution in [-0.4, -0.2) is 32.4 Å². The first-order valence-electron chi connectivity index (χ1n) is 8.97. The highest BCUT2D eigenvalue weighted by molar-refractivity contribution is 7.89. The van der Waals surface area contributed by atoms with Gasteiger partial charge in [-0.05, 0) is 69.3 Å². The van der Waals surface area contributed by atoms with E-state index in [4.69, 9.17) is 4.74 Å². The first kappa shape index (κ1) is 24.4. The molecule has 11 heteroatoms. The van der Waals surface area contributed by atoms with Crippen molar-refractivity contribution in [1.29, 1.82) is 0 Å². The smallest absolute Gasteiger partial charge is 0.416 e. The van der Waals surface area contributed by atoms with Crippen LogP contribution in [0.25, 0.3) is 0 Å². The fraction of sp³-hybridized carbons (Fsp3) is 0.300. The van der Waals surface area contributed by atoms with Gasteiger partial charge in [0.05, 0.1) is 10.5 Å². The Bertz CT molecular complexity index is 1040. The van der Waals surface area contributed by atoms with Crippen molar-refractivity contribution in [3.8, 4) is 0 Å². The van der Waals surface area contributed by atoms with Gasteiger partial charge in [0, 0.05) is 11.3 Å². The summed E-state index contributed by atoms with van der Waals surface area (Å²) in [5, 5.41) is 2.46. The largest absolute Gasteiger partial charge is 0.459 e. The van der Waals surface area contributed by atoms with E-state index in [1.54, 1.807) is 20.8 Å². The zero-order chi connectivity index (χ0) is 23.4. The summed E-state index contributed by atoms with van der Waals surface area (Å²) in [7, 11) is -4.00. The van der Waals surface area contributed by atoms with Gasteiger partial charge >= 0.3 is 12.1 Å². The Labute approximate surface area is 177 Å². The summed E-state index contributed by atoms with van der Waals surface area (Å²) in [6.45, 7) is 4.40. The van der Waals surface area contributed by atoms with Crippen molar-refractivity contribution in [3.63, 3.8) is 0 Å². The molecule has 0 atom stereocenters. The summed E-state index contributed by atoms with van der Waals surface area (Å²) in [6.07, 6.45) is -4.51. The molecular formula is C20H21F3N2O5S. The van der Waals surface area contributed by atoms with Crippen molar-refractivity contribution in [3.05, 3.63) is 59.7 Å². The van der Waals surface area contributed by atoms with Crippen molar-refractivity contribution in [2.75, 3.05) is 11.9 Å². The van der Waals surface area contributed by atoms with Gasteiger partial charge in [-0.15, -0.1) is 0 Å². The number of esters is 1. The third kappa shape index (κ3) is 7.37. The highest BCUT2D eigenvalue weighted by Crippen LogP contribution is 2.29. The molecule has 0 saturated carbocycles. The summed E-state index contributed by atoms with van der Waals surface area (Å²) in [5.74, 6) is -1.40. The lowest BCUT2D eigenvalue weighted by Gasteiger charge is -2.19. The van der Waals surface area contributed by atoms with E-state index in [0.717, 1.165) is 24.3 Å². The van der Waals surface area contributed by atoms with Crippen LogP contribution < -0.4 is 10.0 Å². The van der Waals surface area contributed by atoms with E-state index in [1.807, 2.05) is 0 Å². The number of benzene rings is 2. The van der Waals surface area contributed by atoms with E-state index in [2.05, 4.69) is 10.0 Å². The number of carbonyl (C=O) groups excluding carboxylic acids is 2. The molecule has 0 heterocycles. The average molecular weight is 458 g/mol. The molecular weight excluding hydrogens is 437 g/mol. The third-order valence-corrected chi connectivity index (χ3v) is 5.14. The number of alkyl halides is 3. The van der Waals surface area contributed by atoms with Gasteiger partial charge in [0.15, 0.2) is 0 Å². The molecule has 7 nitrogen and oxygen atoms in total. The molecule has 0 unspecified atom stereocenters. The molecule has 0 saturated heterocycles. The first-order valence-corrected chi connectivity index (χ1v) is 10.5. The molecule has 2 aromatic rings. The number of amides is 1. The number of anilines is 1. The van der Waals surface area contributed by atoms with Gasteiger partial charge in [-0.2, -0.15) is 17.9 Å². The number of ether oxygens (including phenoxy) is 1. The number of sulfonamides is 1. The molecule has 0 aromatic heterocycles. The number of hydrogen-bond acceptors (Lipinski definition) is 5. The van der Waals surface area contributed by atoms with Gasteiger partial charge < -0.3 is 10.1 Å². The molecule has 0 bridgehead atoms. The maximum atomic E-state index is 12.6. The predicted octanol–water partition coefficient (Wildman–Crippen LogP) is 3.58. The Morgan fingerprint density at radius 2 is 1.48 bits per heavy atom. The molecule has 2 rings (SSSR count). The SMILES string of the molecule is CC(C)(C)OC(=O)CNS(=O)(=O)c1ccc(NC(=O)c2ccc(C(F)(F)F)cc2)cc1. The maximum absolute atomic E-state index is 12.6. The minimum Gasteiger partial charge on any atom is -0.459 e. The number of hydrogen-bond donors (Lipinski definition) is 2. The normalized spacial score (nSPS) is 12.3. The summed E-state index contributed by atoms with van der Waals surface area (Å²) in [6, 6.07) is 8.70. The minimum atomic E-state index is -4.51. The zero-order valence-corrected chi connectivity index (χ0v) is 17.7. The minimum absolute atomic E-state index is 0.00345. The lowest BCUT2D eigenvalue weighted by molar-refractivity contribution is -0.153. The highest BCUT2D eigenvalue weighted by atomic mass is 32.2. The second-order valence-electron chi connectivity index (χ2n) is 7.46. The van der Waals surface area contributed by atoms with E-state index < -0.39 is 45.8 Å². The van der Waals surface area contributed by atoms with Crippen LogP contribution >= 0.6 is 0 Å². The first-order chi connectivity index (χ1) is 14.2. The van der Waals surface area contributed by atoms with Crippen LogP contribution in [0, 0.1) is 0 Å². The van der Waals surface area contributed by atoms with Crippen LogP contribution in [-0.2, 0) is 25.7 Å². The lowest BCUT2D eigenvalue weighted by atomic mass is 10.1. The monoisotopic (exact) mass is 458 g/mol. The standard InChI is InChI=1S/C20H21F3N2O5S/c1-19(2,3)30-17(26)12-24-31(28,29)16-10-8-15(9-11-16)25-18(27)13-4-6-14(7-5-13)20(21,22)23/h4-11,24H,12H2,1-3H3,(H,25,27). The van der Waals surface area contributed by atoms with Crippen molar-refractivity contribution in [1.82, 2.24) is 4.72 Å². The Hall–Kier alpha value is -2.92. The second-order valence-corrected chi connectivity index (χ2v) is 9.23. The number of rotatable bonds is 6. The number of halogens is 3. The summed E-state index contributed by atoms with van der Waals surface area (Å²) in [5.41, 5.74) is -1.40. The maximum Gasteiger partial charge on any atom is 0.416 e. The van der Waals surface area contributed by atoms with Crippen molar-refractivity contribution in [2.45, 2.75) is 37.4 Å². The Morgan fingerprint density at radius 1 is 0.935 bits per heavy atom. The molecule has 2 aromatic carbocycles. The van der Waals surface area contributed by atoms with Gasteiger partial charge in [0.1, 0.15) is 12.1 Å². The molecule has 0 aliphatic rings. The predicted molar refractivity (Wildman–Crippen MR) is 107 cm³/mol. The van der Waals surface area contributed by atoms with Crippen molar-refractivity contribution in [2.24, 2.45) is 0 Å². The van der Waals surface area contributed by atoms with E-state index >= 15 is 0 Å². The van der Waals surface area contributed by atoms with Gasteiger partial charge in [-0.25, -0.2) is 8.42 Å². The molecule has 1 amide bonds. The van der Waals surface area contributed by atoms with E-state index in [9.17, 15) is 31.2 Å². The quantitative estimate of drug-likeness (QED) is 0.645. The fourth-order valence-corrected chi connectivity index (χ4v) is 3.32. The molecule has 0 spiro atoms. The van der Waals surface area contributed by atoms with Crippen LogP contribution in [0.2, 0.25) is 0 Å². The topological polar surface area (TPSA) is 102 Å². The number of nitrogens with one attached hydrogen (secondary N) is 2. The molecule has 0 aliphatic heterocycles. The zero-order valence-electron chi connectivity index (χ0n) is 16.9. The van der Waals surface area contributed by atoms with E-state index in [-0.39, 0.29) is 16.1 Å². The molecule has 168 valence electrons. The van der Waals surface area contributed by atoms with Gasteiger partial charge in [-0.3, -0.25) is 9.59 Å². The molecule has 31 heavy (non-hydrogen) atoms. The van der Waals surface area contributed by atoms with Crippen LogP contribution in [0.15, 0.2) is 53.4 Å². The van der Waals surface area contributed by atoms with Gasteiger partial charge in [0.25, 0.3) is 5.91 Å². The van der Waals surface area contributed by atoms with Crippen LogP contribution in [0.3, 0.4) is 0 Å². The Morgan fingerprint density at radius 3 is 1.97 bits per heavy atom. The van der Waals surface area contributed by atoms with Gasteiger partial charge in [-0.1, -0.05) is 0 Å². The summed E-state index contributed by atoms with van der Waals surface area (Å²) in [4.78, 5) is 23.7. The number of carbonyl (C=O) groups is 2. The van der Waals surface area contributed by atoms with Crippen molar-refractivity contribution < 1.29 is 35.9 Å². The fourth-order valence-electron chi connectivity index (χ4n) is 2.35. The highest BCUT2D eigenvalue weighted by Gasteiger charge is 2.30. The Balaban J connectivity index is 2.01. The summed E-state index contributed by atoms with van der Waals surface area (Å²) >= 11 is 0. The van der Waals surface area contributed by atoms with Crippen LogP contribution in [0.1, 0.15) is 36.7 Å². The third-order valence-electron chi connectivity index (χ3n) is 3.72. The average Bonchev–Trinajstić information content (AvgIpc) is 2.65. The molecule has 0 fully saturated rings. The molecule has 2 N–H and O–H groups in total. The van der Waals surface area contributed by atoms with Gasteiger partial charge in [0.2, 0.25) is 10.0 Å². The Kier molecular flexibility index (Phi) is 7.12. The van der Waals surface area contributed by atoms with Crippen LogP contribution in [0.4, 0.5) is 18.9 Å². The van der Waals surface area contributed by atoms with E-state index in [1.165, 1.54) is 24.3 Å². The second kappa shape index (κ2) is 9.06. The van der Waals surface area contributed by atoms with Crippen LogP contribution in [0.5, 0.6) is 0 Å². The van der Waals surface area contributed by atoms with Crippen molar-refractivity contribution >= 4 is 27.6 Å².